The third-order valence-corrected chi connectivity index (χ3v) is 3.20. The number of ether oxygens (including phenoxy) is 1. The number of benzene rings is 1. The molecule has 1 aromatic rings. The lowest BCUT2D eigenvalue weighted by molar-refractivity contribution is -0.123. The molecule has 0 bridgehead atoms. The molecule has 0 aliphatic carbocycles. The molecule has 0 atom stereocenters. The summed E-state index contributed by atoms with van der Waals surface area (Å²) < 4.78 is 5.76. The van der Waals surface area contributed by atoms with E-state index < -0.39 is 0 Å². The highest BCUT2D eigenvalue weighted by atomic mass is 16.5. The Morgan fingerprint density at radius 2 is 1.60 bits per heavy atom. The third kappa shape index (κ3) is 10.4. The summed E-state index contributed by atoms with van der Waals surface area (Å²) in [4.78, 5) is 23.7. The first-order chi connectivity index (χ1) is 11.4. The number of carbonyl (C=O) groups excluding carboxylic acids is 2. The molecule has 2 N–H and O–H groups in total. The molecule has 1 aromatic carbocycles. The molecule has 2 amide bonds. The van der Waals surface area contributed by atoms with Gasteiger partial charge in [0.1, 0.15) is 5.75 Å². The van der Waals surface area contributed by atoms with Crippen molar-refractivity contribution in [3.63, 3.8) is 0 Å². The van der Waals surface area contributed by atoms with Crippen molar-refractivity contribution in [2.24, 2.45) is 10.8 Å². The lowest BCUT2D eigenvalue weighted by Gasteiger charge is -2.19. The second kappa shape index (κ2) is 8.88. The van der Waals surface area contributed by atoms with E-state index >= 15 is 0 Å². The van der Waals surface area contributed by atoms with Crippen LogP contribution in [0.5, 0.6) is 5.75 Å². The quantitative estimate of drug-likeness (QED) is 0.743. The smallest absolute Gasteiger partial charge is 0.225 e. The third-order valence-electron chi connectivity index (χ3n) is 3.20. The molecular weight excluding hydrogens is 316 g/mol. The second-order valence-electron chi connectivity index (χ2n) is 8.79. The number of rotatable bonds is 7. The lowest BCUT2D eigenvalue weighted by Crippen LogP contribution is -2.39. The Morgan fingerprint density at radius 3 is 2.20 bits per heavy atom. The SMILES string of the molecule is CC(C)(C)COc1cccc(CC(=O)NCNC(=O)CC(C)(C)C)c1. The van der Waals surface area contributed by atoms with Crippen LogP contribution in [0.3, 0.4) is 0 Å². The van der Waals surface area contributed by atoms with Gasteiger partial charge in [0.15, 0.2) is 0 Å². The van der Waals surface area contributed by atoms with E-state index in [4.69, 9.17) is 4.74 Å². The predicted molar refractivity (Wildman–Crippen MR) is 100 cm³/mol. The standard InChI is InChI=1S/C20H32N2O3/c1-19(2,3)12-18(24)22-14-21-17(23)11-15-8-7-9-16(10-15)25-13-20(4,5)6/h7-10H,11-14H2,1-6H3,(H,21,23)(H,22,24). The molecule has 0 aromatic heterocycles. The molecule has 0 unspecified atom stereocenters. The van der Waals surface area contributed by atoms with Gasteiger partial charge in [0.2, 0.25) is 11.8 Å². The Kier molecular flexibility index (Phi) is 7.46. The van der Waals surface area contributed by atoms with Crippen molar-refractivity contribution in [3.8, 4) is 5.75 Å². The van der Waals surface area contributed by atoms with Gasteiger partial charge in [0.05, 0.1) is 19.7 Å². The highest BCUT2D eigenvalue weighted by Gasteiger charge is 2.15. The highest BCUT2D eigenvalue weighted by molar-refractivity contribution is 5.80. The van der Waals surface area contributed by atoms with E-state index in [0.717, 1.165) is 11.3 Å². The molecule has 1 rings (SSSR count). The largest absolute Gasteiger partial charge is 0.493 e. The number of hydrogen-bond donors (Lipinski definition) is 2. The summed E-state index contributed by atoms with van der Waals surface area (Å²) in [6.07, 6.45) is 0.678. The van der Waals surface area contributed by atoms with Crippen LogP contribution in [0.1, 0.15) is 53.5 Å². The van der Waals surface area contributed by atoms with Crippen molar-refractivity contribution in [2.45, 2.75) is 54.4 Å². The van der Waals surface area contributed by atoms with Crippen molar-refractivity contribution < 1.29 is 14.3 Å². The summed E-state index contributed by atoms with van der Waals surface area (Å²) >= 11 is 0. The summed E-state index contributed by atoms with van der Waals surface area (Å²) in [7, 11) is 0. The van der Waals surface area contributed by atoms with Crippen molar-refractivity contribution >= 4 is 11.8 Å². The van der Waals surface area contributed by atoms with E-state index in [9.17, 15) is 9.59 Å². The fourth-order valence-electron chi connectivity index (χ4n) is 2.08. The molecule has 0 spiro atoms. The second-order valence-corrected chi connectivity index (χ2v) is 8.79. The van der Waals surface area contributed by atoms with E-state index in [1.54, 1.807) is 0 Å². The van der Waals surface area contributed by atoms with Crippen LogP contribution in [-0.2, 0) is 16.0 Å². The van der Waals surface area contributed by atoms with E-state index in [2.05, 4.69) is 31.4 Å². The molecule has 0 aliphatic rings. The maximum atomic E-state index is 12.0. The molecule has 0 aliphatic heterocycles. The molecule has 0 radical (unpaired) electrons. The van der Waals surface area contributed by atoms with Crippen LogP contribution in [0.25, 0.3) is 0 Å². The topological polar surface area (TPSA) is 67.4 Å². The monoisotopic (exact) mass is 348 g/mol. The van der Waals surface area contributed by atoms with Crippen LogP contribution in [-0.4, -0.2) is 25.1 Å². The fourth-order valence-corrected chi connectivity index (χ4v) is 2.08. The highest BCUT2D eigenvalue weighted by Crippen LogP contribution is 2.19. The van der Waals surface area contributed by atoms with Gasteiger partial charge < -0.3 is 15.4 Å². The first-order valence-electron chi connectivity index (χ1n) is 8.70. The maximum absolute atomic E-state index is 12.0. The van der Waals surface area contributed by atoms with Gasteiger partial charge in [-0.15, -0.1) is 0 Å². The van der Waals surface area contributed by atoms with Crippen LogP contribution < -0.4 is 15.4 Å². The number of hydrogen-bond acceptors (Lipinski definition) is 3. The molecule has 0 saturated carbocycles. The molecule has 0 heterocycles. The van der Waals surface area contributed by atoms with Gasteiger partial charge in [-0.3, -0.25) is 9.59 Å². The van der Waals surface area contributed by atoms with Gasteiger partial charge in [0.25, 0.3) is 0 Å². The maximum Gasteiger partial charge on any atom is 0.225 e. The van der Waals surface area contributed by atoms with E-state index in [-0.39, 0.29) is 35.7 Å². The zero-order valence-corrected chi connectivity index (χ0v) is 16.4. The summed E-state index contributed by atoms with van der Waals surface area (Å²) in [6.45, 7) is 13.1. The number of nitrogens with one attached hydrogen (secondary N) is 2. The van der Waals surface area contributed by atoms with Crippen molar-refractivity contribution in [1.82, 2.24) is 10.6 Å². The zero-order valence-electron chi connectivity index (χ0n) is 16.4. The van der Waals surface area contributed by atoms with Gasteiger partial charge in [0, 0.05) is 6.42 Å². The summed E-state index contributed by atoms with van der Waals surface area (Å²) in [5.41, 5.74) is 0.894. The van der Waals surface area contributed by atoms with E-state index in [1.807, 2.05) is 45.0 Å². The zero-order chi connectivity index (χ0) is 19.1. The van der Waals surface area contributed by atoms with Gasteiger partial charge in [-0.1, -0.05) is 53.7 Å². The van der Waals surface area contributed by atoms with Gasteiger partial charge in [-0.2, -0.15) is 0 Å². The Morgan fingerprint density at radius 1 is 0.960 bits per heavy atom. The lowest BCUT2D eigenvalue weighted by atomic mass is 9.92. The molecule has 0 fully saturated rings. The van der Waals surface area contributed by atoms with Crippen molar-refractivity contribution in [2.75, 3.05) is 13.3 Å². The van der Waals surface area contributed by atoms with Crippen molar-refractivity contribution in [1.29, 1.82) is 0 Å². The summed E-state index contributed by atoms with van der Waals surface area (Å²) in [6, 6.07) is 7.54. The first kappa shape index (κ1) is 21.0. The predicted octanol–water partition coefficient (Wildman–Crippen LogP) is 3.28. The van der Waals surface area contributed by atoms with Crippen LogP contribution in [0.15, 0.2) is 24.3 Å². The Labute approximate surface area is 151 Å². The first-order valence-corrected chi connectivity index (χ1v) is 8.70. The normalized spacial score (nSPS) is 11.8. The van der Waals surface area contributed by atoms with Crippen LogP contribution in [0.2, 0.25) is 0 Å². The molecule has 5 heteroatoms. The van der Waals surface area contributed by atoms with Crippen LogP contribution in [0, 0.1) is 10.8 Å². The number of amides is 2. The Balaban J connectivity index is 2.40. The minimum absolute atomic E-state index is 0.0645. The van der Waals surface area contributed by atoms with Gasteiger partial charge >= 0.3 is 0 Å². The van der Waals surface area contributed by atoms with Crippen LogP contribution in [0.4, 0.5) is 0 Å². The average Bonchev–Trinajstić information content (AvgIpc) is 2.43. The number of carbonyl (C=O) groups is 2. The van der Waals surface area contributed by atoms with Gasteiger partial charge in [-0.05, 0) is 28.5 Å². The molecule has 25 heavy (non-hydrogen) atoms. The summed E-state index contributed by atoms with van der Waals surface area (Å²) in [5, 5.41) is 5.42. The molecular formula is C20H32N2O3. The summed E-state index contributed by atoms with van der Waals surface area (Å²) in [5.74, 6) is 0.563. The van der Waals surface area contributed by atoms with Gasteiger partial charge in [-0.25, -0.2) is 0 Å². The Hall–Kier alpha value is -2.04. The van der Waals surface area contributed by atoms with E-state index in [0.29, 0.717) is 13.0 Å². The van der Waals surface area contributed by atoms with E-state index in [1.165, 1.54) is 0 Å². The Bertz CT molecular complexity index is 583. The molecule has 5 nitrogen and oxygen atoms in total. The van der Waals surface area contributed by atoms with Crippen LogP contribution >= 0.6 is 0 Å². The molecule has 0 saturated heterocycles. The minimum Gasteiger partial charge on any atom is -0.493 e. The average molecular weight is 348 g/mol. The molecule has 140 valence electrons. The van der Waals surface area contributed by atoms with Crippen molar-refractivity contribution in [3.05, 3.63) is 29.8 Å². The minimum atomic E-state index is -0.135. The fraction of sp³-hybridized carbons (Fsp3) is 0.600.